The van der Waals surface area contributed by atoms with Crippen molar-refractivity contribution in [3.05, 3.63) is 86.8 Å². The molecule has 0 bridgehead atoms. The Morgan fingerprint density at radius 3 is 1.75 bits per heavy atom. The molecule has 3 aliphatic rings. The van der Waals surface area contributed by atoms with Gasteiger partial charge in [0.05, 0.1) is 64.7 Å². The number of carbonyl (C=O) groups excluding carboxylic acids is 2. The smallest absolute Gasteiger partial charge is 0.469 e. The van der Waals surface area contributed by atoms with Gasteiger partial charge in [-0.1, -0.05) is 62.8 Å². The molecule has 3 aliphatic heterocycles. The zero-order valence-corrected chi connectivity index (χ0v) is 29.4. The summed E-state index contributed by atoms with van der Waals surface area (Å²) in [6, 6.07) is 8.62. The Bertz CT molecular complexity index is 1380. The average molecular weight is 742 g/mol. The monoisotopic (exact) mass is 740 g/mol. The second-order valence-corrected chi connectivity index (χ2v) is 12.0. The molecule has 5 rings (SSSR count). The number of esters is 2. The minimum Gasteiger partial charge on any atom is -0.469 e. The molecule has 8 nitrogen and oxygen atoms in total. The van der Waals surface area contributed by atoms with E-state index in [1.54, 1.807) is 12.1 Å². The number of halogens is 3. The van der Waals surface area contributed by atoms with Crippen molar-refractivity contribution in [3.8, 4) is 0 Å². The Labute approximate surface area is 294 Å². The van der Waals surface area contributed by atoms with Gasteiger partial charge in [0.2, 0.25) is 0 Å². The van der Waals surface area contributed by atoms with Gasteiger partial charge in [-0.05, 0) is 85.8 Å². The van der Waals surface area contributed by atoms with E-state index in [2.05, 4.69) is 53.1 Å². The fourth-order valence-corrected chi connectivity index (χ4v) is 4.68. The number of hydrogen-bond donors (Lipinski definition) is 0. The van der Waals surface area contributed by atoms with Gasteiger partial charge >= 0.3 is 19.1 Å². The lowest BCUT2D eigenvalue weighted by Gasteiger charge is -2.32. The zero-order chi connectivity index (χ0) is 34.5. The van der Waals surface area contributed by atoms with Crippen LogP contribution in [-0.2, 0) is 50.7 Å². The van der Waals surface area contributed by atoms with Gasteiger partial charge in [-0.3, -0.25) is 9.59 Å². The highest BCUT2D eigenvalue weighted by molar-refractivity contribution is 9.10. The molecular weight excluding hydrogens is 689 g/mol. The molecule has 0 radical (unpaired) electrons. The molecule has 0 atom stereocenters. The van der Waals surface area contributed by atoms with E-state index in [4.69, 9.17) is 18.8 Å². The van der Waals surface area contributed by atoms with Gasteiger partial charge in [0.25, 0.3) is 0 Å². The first-order valence-electron chi connectivity index (χ1n) is 15.0. The van der Waals surface area contributed by atoms with E-state index in [-0.39, 0.29) is 69.6 Å². The fourth-order valence-electron chi connectivity index (χ4n) is 4.29. The van der Waals surface area contributed by atoms with Crippen LogP contribution in [0.1, 0.15) is 73.1 Å². The van der Waals surface area contributed by atoms with Crippen LogP contribution in [0.5, 0.6) is 0 Å². The molecule has 2 aromatic rings. The molecule has 12 heteroatoms. The van der Waals surface area contributed by atoms with E-state index < -0.39 is 0 Å². The Morgan fingerprint density at radius 2 is 1.27 bits per heavy atom. The predicted molar refractivity (Wildman–Crippen MR) is 191 cm³/mol. The highest BCUT2D eigenvalue weighted by atomic mass is 79.9. The zero-order valence-electron chi connectivity index (χ0n) is 27.8. The van der Waals surface area contributed by atoms with Gasteiger partial charge in [-0.15, -0.1) is 0 Å². The number of hydrogen-bond acceptors (Lipinski definition) is 8. The molecule has 0 aliphatic carbocycles. The molecule has 0 aromatic heterocycles. The largest absolute Gasteiger partial charge is 0.492 e. The molecule has 0 spiro atoms. The van der Waals surface area contributed by atoms with E-state index in [1.807, 2.05) is 26.0 Å². The number of carbonyl (C=O) groups is 2. The van der Waals surface area contributed by atoms with E-state index in [1.165, 1.54) is 38.5 Å². The highest BCUT2D eigenvalue weighted by Crippen LogP contribution is 2.39. The molecular formula is C36H52BBrF2O8. The Balaban J connectivity index is 0.000000665. The number of rotatable bonds is 6. The molecule has 1 saturated heterocycles. The summed E-state index contributed by atoms with van der Waals surface area (Å²) in [4.78, 5) is 22.1. The summed E-state index contributed by atoms with van der Waals surface area (Å²) >= 11 is 3.21. The summed E-state index contributed by atoms with van der Waals surface area (Å²) in [5.41, 5.74) is 3.68. The first-order chi connectivity index (χ1) is 21.8. The summed E-state index contributed by atoms with van der Waals surface area (Å²) in [6.45, 7) is 14.6. The molecule has 0 amide bonds. The molecule has 1 fully saturated rings. The maximum atomic E-state index is 13.2. The van der Waals surface area contributed by atoms with Crippen LogP contribution in [0.4, 0.5) is 8.78 Å². The molecule has 0 saturated carbocycles. The predicted octanol–water partition coefficient (Wildman–Crippen LogP) is 8.13. The molecule has 0 unspecified atom stereocenters. The van der Waals surface area contributed by atoms with Crippen LogP contribution in [0.2, 0.25) is 0 Å². The Kier molecular flexibility index (Phi) is 20.0. The van der Waals surface area contributed by atoms with Crippen molar-refractivity contribution in [1.82, 2.24) is 0 Å². The van der Waals surface area contributed by atoms with Crippen molar-refractivity contribution < 1.29 is 46.6 Å². The lowest BCUT2D eigenvalue weighted by atomic mass is 9.79. The third kappa shape index (κ3) is 13.2. The second-order valence-electron chi connectivity index (χ2n) is 11.2. The lowest BCUT2D eigenvalue weighted by Crippen LogP contribution is -2.41. The standard InChI is InChI=1S/C13H13FO3.C10H17BO3.C9H8BrFO2.C2H6.2CH4/c1-16-13(15)7-10-6-11(14)2-3-12(10)9-4-5-17-8-9;1-9(2)10(3,4)14-11(13-9)8-5-6-12-7-8;1-13-9(12)5-6-4-7(11)2-3-8(6)10;1-2;;/h2-4,6H,5,7-8H2,1H3;5H,6-7H2,1-4H3;2-4H,5H2,1H3;1-2H3;2*1H4. The van der Waals surface area contributed by atoms with Gasteiger partial charge < -0.3 is 28.3 Å². The SMILES string of the molecule is C.C.CC.CC1(C)OB(C2=CCOC2)OC1(C)C.COC(=O)Cc1cc(F)ccc1Br.COC(=O)Cc1cc(F)ccc1C1=CCOC1. The summed E-state index contributed by atoms with van der Waals surface area (Å²) in [7, 11) is 2.40. The summed E-state index contributed by atoms with van der Waals surface area (Å²) in [5.74, 6) is -1.48. The van der Waals surface area contributed by atoms with Crippen LogP contribution in [0, 0.1) is 11.6 Å². The number of ether oxygens (including phenoxy) is 4. The van der Waals surface area contributed by atoms with Crippen LogP contribution < -0.4 is 0 Å². The quantitative estimate of drug-likeness (QED) is 0.217. The second kappa shape index (κ2) is 21.2. The number of benzene rings is 2. The normalized spacial score (nSPS) is 16.5. The first kappa shape index (κ1) is 45.1. The van der Waals surface area contributed by atoms with E-state index >= 15 is 0 Å². The van der Waals surface area contributed by atoms with E-state index in [9.17, 15) is 18.4 Å². The Morgan fingerprint density at radius 1 is 0.792 bits per heavy atom. The third-order valence-corrected chi connectivity index (χ3v) is 8.31. The maximum Gasteiger partial charge on any atom is 0.492 e. The average Bonchev–Trinajstić information content (AvgIpc) is 3.79. The van der Waals surface area contributed by atoms with Crippen molar-refractivity contribution in [2.24, 2.45) is 0 Å². The van der Waals surface area contributed by atoms with Gasteiger partial charge in [-0.25, -0.2) is 8.78 Å². The van der Waals surface area contributed by atoms with Crippen LogP contribution in [0.25, 0.3) is 5.57 Å². The fraction of sp³-hybridized carbons (Fsp3) is 0.500. The summed E-state index contributed by atoms with van der Waals surface area (Å²) < 4.78 is 57.9. The van der Waals surface area contributed by atoms with Gasteiger partial charge in [0.1, 0.15) is 11.6 Å². The topological polar surface area (TPSA) is 89.5 Å². The van der Waals surface area contributed by atoms with Crippen molar-refractivity contribution in [2.45, 2.75) is 80.4 Å². The van der Waals surface area contributed by atoms with Crippen molar-refractivity contribution in [3.63, 3.8) is 0 Å². The molecule has 48 heavy (non-hydrogen) atoms. The van der Waals surface area contributed by atoms with Gasteiger partial charge in [0.15, 0.2) is 0 Å². The van der Waals surface area contributed by atoms with Crippen LogP contribution in [0.15, 0.2) is 58.5 Å². The van der Waals surface area contributed by atoms with Crippen LogP contribution in [0.3, 0.4) is 0 Å². The highest BCUT2D eigenvalue weighted by Gasteiger charge is 2.52. The van der Waals surface area contributed by atoms with Crippen molar-refractivity contribution in [1.29, 1.82) is 0 Å². The van der Waals surface area contributed by atoms with Crippen LogP contribution in [-0.4, -0.2) is 70.9 Å². The molecule has 3 heterocycles. The first-order valence-corrected chi connectivity index (χ1v) is 15.8. The van der Waals surface area contributed by atoms with Gasteiger partial charge in [0, 0.05) is 4.47 Å². The minimum atomic E-state index is -0.383. The molecule has 268 valence electrons. The molecule has 2 aromatic carbocycles. The van der Waals surface area contributed by atoms with Crippen LogP contribution >= 0.6 is 15.9 Å². The molecule has 0 N–H and O–H groups in total. The van der Waals surface area contributed by atoms with E-state index in [0.29, 0.717) is 42.0 Å². The summed E-state index contributed by atoms with van der Waals surface area (Å²) in [5, 5.41) is 0. The minimum absolute atomic E-state index is 0. The van der Waals surface area contributed by atoms with Crippen molar-refractivity contribution >= 4 is 40.6 Å². The van der Waals surface area contributed by atoms with Crippen molar-refractivity contribution in [2.75, 3.05) is 40.6 Å². The maximum absolute atomic E-state index is 13.2. The number of methoxy groups -OCH3 is 2. The Hall–Kier alpha value is -2.90. The third-order valence-electron chi connectivity index (χ3n) is 7.54. The van der Waals surface area contributed by atoms with Gasteiger partial charge in [-0.2, -0.15) is 0 Å². The summed E-state index contributed by atoms with van der Waals surface area (Å²) in [6.07, 6.45) is 4.13. The van der Waals surface area contributed by atoms with E-state index in [0.717, 1.165) is 16.6 Å². The lowest BCUT2D eigenvalue weighted by molar-refractivity contribution is -0.140.